The van der Waals surface area contributed by atoms with E-state index >= 15 is 0 Å². The Morgan fingerprint density at radius 1 is 0.774 bits per heavy atom. The third kappa shape index (κ3) is 2.65. The molecule has 2 aromatic carbocycles. The Hall–Kier alpha value is -2.93. The molecule has 1 nitrogen and oxygen atoms in total. The first-order valence-corrected chi connectivity index (χ1v) is 11.9. The average Bonchev–Trinajstić information content (AvgIpc) is 3.21. The van der Waals surface area contributed by atoms with Crippen LogP contribution in [0.3, 0.4) is 0 Å². The molecule has 0 bridgehead atoms. The second-order valence-electron chi connectivity index (χ2n) is 9.81. The van der Waals surface area contributed by atoms with E-state index in [1.54, 1.807) is 16.7 Å². The molecule has 31 heavy (non-hydrogen) atoms. The Balaban J connectivity index is 1.50. The van der Waals surface area contributed by atoms with Crippen molar-refractivity contribution < 1.29 is 0 Å². The Morgan fingerprint density at radius 3 is 2.58 bits per heavy atom. The molecule has 0 N–H and O–H groups in total. The third-order valence-corrected chi connectivity index (χ3v) is 8.33. The Morgan fingerprint density at radius 2 is 1.68 bits per heavy atom. The summed E-state index contributed by atoms with van der Waals surface area (Å²) in [7, 11) is 0. The van der Waals surface area contributed by atoms with Crippen molar-refractivity contribution in [1.82, 2.24) is 4.98 Å². The highest BCUT2D eigenvalue weighted by atomic mass is 14.7. The highest BCUT2D eigenvalue weighted by molar-refractivity contribution is 5.72. The zero-order chi connectivity index (χ0) is 20.4. The van der Waals surface area contributed by atoms with E-state index in [0.717, 1.165) is 18.3 Å². The summed E-state index contributed by atoms with van der Waals surface area (Å²) in [5.41, 5.74) is 7.40. The minimum Gasteiger partial charge on any atom is -0.260 e. The maximum absolute atomic E-state index is 4.82. The SMILES string of the molecule is C1=CC(C2=c3ccc4c(c3CC(C3CCC3)C2)CC=c2ccccc2=4)c2ncccc21. The molecule has 7 rings (SSSR count). The van der Waals surface area contributed by atoms with Crippen LogP contribution in [0.5, 0.6) is 0 Å². The van der Waals surface area contributed by atoms with Crippen LogP contribution in [-0.2, 0) is 12.8 Å². The molecular formula is C30H27N. The fourth-order valence-corrected chi connectivity index (χ4v) is 6.51. The average molecular weight is 402 g/mol. The highest BCUT2D eigenvalue weighted by Crippen LogP contribution is 2.45. The first kappa shape index (κ1) is 17.7. The number of pyridine rings is 1. The number of fused-ring (bicyclic) bond motifs is 5. The van der Waals surface area contributed by atoms with E-state index in [1.807, 2.05) is 6.20 Å². The molecule has 1 heteroatoms. The normalized spacial score (nSPS) is 23.3. The molecule has 1 aromatic heterocycles. The molecule has 0 saturated heterocycles. The van der Waals surface area contributed by atoms with Crippen LogP contribution in [0.4, 0.5) is 0 Å². The molecule has 0 amide bonds. The number of nitrogens with zero attached hydrogens (tertiary/aromatic N) is 1. The van der Waals surface area contributed by atoms with Crippen LogP contribution in [-0.4, -0.2) is 4.98 Å². The van der Waals surface area contributed by atoms with E-state index in [1.165, 1.54) is 64.2 Å². The summed E-state index contributed by atoms with van der Waals surface area (Å²) in [4.78, 5) is 4.82. The quantitative estimate of drug-likeness (QED) is 0.587. The lowest BCUT2D eigenvalue weighted by Gasteiger charge is -2.38. The van der Waals surface area contributed by atoms with E-state index in [2.05, 4.69) is 66.8 Å². The van der Waals surface area contributed by atoms with E-state index in [9.17, 15) is 0 Å². The summed E-state index contributed by atoms with van der Waals surface area (Å²) >= 11 is 0. The lowest BCUT2D eigenvalue weighted by molar-refractivity contribution is 0.203. The third-order valence-electron chi connectivity index (χ3n) is 8.33. The molecule has 0 spiro atoms. The van der Waals surface area contributed by atoms with Gasteiger partial charge in [0.1, 0.15) is 0 Å². The number of allylic oxidation sites excluding steroid dienone is 1. The fraction of sp³-hybridized carbons (Fsp3) is 0.300. The molecule has 152 valence electrons. The van der Waals surface area contributed by atoms with Gasteiger partial charge in [0.2, 0.25) is 0 Å². The molecule has 1 saturated carbocycles. The van der Waals surface area contributed by atoms with Crippen LogP contribution in [0.25, 0.3) is 17.7 Å². The largest absolute Gasteiger partial charge is 0.260 e. The smallest absolute Gasteiger partial charge is 0.0585 e. The highest BCUT2D eigenvalue weighted by Gasteiger charge is 2.35. The van der Waals surface area contributed by atoms with Crippen molar-refractivity contribution in [1.29, 1.82) is 0 Å². The predicted octanol–water partition coefficient (Wildman–Crippen LogP) is 5.03. The zero-order valence-electron chi connectivity index (χ0n) is 17.9. The van der Waals surface area contributed by atoms with Crippen molar-refractivity contribution in [2.75, 3.05) is 0 Å². The lowest BCUT2D eigenvalue weighted by atomic mass is 9.66. The van der Waals surface area contributed by atoms with E-state index in [0.29, 0.717) is 5.92 Å². The van der Waals surface area contributed by atoms with Gasteiger partial charge < -0.3 is 0 Å². The first-order chi connectivity index (χ1) is 15.4. The Bertz CT molecular complexity index is 1450. The van der Waals surface area contributed by atoms with Gasteiger partial charge in [0.25, 0.3) is 0 Å². The summed E-state index contributed by atoms with van der Waals surface area (Å²) in [5.74, 6) is 2.05. The van der Waals surface area contributed by atoms with Gasteiger partial charge in [-0.25, -0.2) is 0 Å². The summed E-state index contributed by atoms with van der Waals surface area (Å²) < 4.78 is 0. The van der Waals surface area contributed by atoms with E-state index in [4.69, 9.17) is 4.98 Å². The summed E-state index contributed by atoms with van der Waals surface area (Å²) in [6.07, 6.45) is 16.9. The lowest BCUT2D eigenvalue weighted by Crippen LogP contribution is -2.34. The second-order valence-corrected chi connectivity index (χ2v) is 9.81. The van der Waals surface area contributed by atoms with E-state index < -0.39 is 0 Å². The number of rotatable bonds is 2. The van der Waals surface area contributed by atoms with Crippen LogP contribution >= 0.6 is 0 Å². The van der Waals surface area contributed by atoms with Crippen LogP contribution < -0.4 is 10.4 Å². The molecule has 1 fully saturated rings. The minimum absolute atomic E-state index is 0.343. The minimum atomic E-state index is 0.343. The predicted molar refractivity (Wildman–Crippen MR) is 127 cm³/mol. The van der Waals surface area contributed by atoms with Crippen LogP contribution in [0.15, 0.2) is 60.8 Å². The van der Waals surface area contributed by atoms with Crippen molar-refractivity contribution in [2.45, 2.75) is 44.4 Å². The van der Waals surface area contributed by atoms with Gasteiger partial charge in [-0.2, -0.15) is 0 Å². The zero-order valence-corrected chi connectivity index (χ0v) is 17.9. The van der Waals surface area contributed by atoms with Gasteiger partial charge in [-0.15, -0.1) is 0 Å². The number of hydrogen-bond donors (Lipinski definition) is 0. The molecule has 2 atom stereocenters. The van der Waals surface area contributed by atoms with Gasteiger partial charge in [0.15, 0.2) is 0 Å². The summed E-state index contributed by atoms with van der Waals surface area (Å²) in [6.45, 7) is 0. The number of hydrogen-bond acceptors (Lipinski definition) is 1. The standard InChI is InChI=1S/C30H27N/c1-2-9-23-20(5-1)10-12-25-24(23)14-15-26-28(25)17-22(19-6-3-7-19)18-29(26)27-13-11-21-8-4-16-31-30(21)27/h1-2,4-5,8-11,13-16,19,22,27H,3,6-7,12,17-18H2. The Labute approximate surface area is 183 Å². The topological polar surface area (TPSA) is 12.9 Å². The van der Waals surface area contributed by atoms with Crippen LogP contribution in [0.2, 0.25) is 0 Å². The second kappa shape index (κ2) is 6.79. The molecular weight excluding hydrogens is 374 g/mol. The molecule has 3 aromatic rings. The fourth-order valence-electron chi connectivity index (χ4n) is 6.51. The molecule has 1 heterocycles. The van der Waals surface area contributed by atoms with Gasteiger partial charge in [0.05, 0.1) is 5.69 Å². The van der Waals surface area contributed by atoms with Gasteiger partial charge in [-0.05, 0) is 80.3 Å². The van der Waals surface area contributed by atoms with Gasteiger partial charge in [0, 0.05) is 12.1 Å². The van der Waals surface area contributed by atoms with Crippen molar-refractivity contribution in [3.8, 4) is 0 Å². The van der Waals surface area contributed by atoms with Crippen molar-refractivity contribution in [2.24, 2.45) is 11.8 Å². The molecule has 0 radical (unpaired) electrons. The van der Waals surface area contributed by atoms with E-state index in [-0.39, 0.29) is 0 Å². The van der Waals surface area contributed by atoms with Crippen LogP contribution in [0.1, 0.15) is 54.0 Å². The van der Waals surface area contributed by atoms with Crippen molar-refractivity contribution in [3.05, 3.63) is 104 Å². The number of benzene rings is 2. The Kier molecular flexibility index (Phi) is 3.88. The van der Waals surface area contributed by atoms with Gasteiger partial charge >= 0.3 is 0 Å². The van der Waals surface area contributed by atoms with Crippen molar-refractivity contribution in [3.63, 3.8) is 0 Å². The first-order valence-electron chi connectivity index (χ1n) is 11.9. The maximum atomic E-state index is 4.82. The van der Waals surface area contributed by atoms with Crippen molar-refractivity contribution >= 4 is 17.7 Å². The van der Waals surface area contributed by atoms with Gasteiger partial charge in [-0.1, -0.05) is 80.0 Å². The summed E-state index contributed by atoms with van der Waals surface area (Å²) in [6, 6.07) is 18.0. The molecule has 0 aliphatic heterocycles. The molecule has 4 aliphatic rings. The molecule has 2 unspecified atom stereocenters. The van der Waals surface area contributed by atoms with Gasteiger partial charge in [-0.3, -0.25) is 4.98 Å². The summed E-state index contributed by atoms with van der Waals surface area (Å²) in [5, 5.41) is 5.79. The molecule has 4 aliphatic carbocycles. The monoisotopic (exact) mass is 401 g/mol. The number of aromatic nitrogens is 1. The van der Waals surface area contributed by atoms with Crippen LogP contribution in [0, 0.1) is 22.3 Å². The maximum Gasteiger partial charge on any atom is 0.0585 e.